The zero-order chi connectivity index (χ0) is 24.6. The minimum absolute atomic E-state index is 0.113. The van der Waals surface area contributed by atoms with E-state index in [2.05, 4.69) is 25.7 Å². The second-order valence-electron chi connectivity index (χ2n) is 7.06. The molecule has 3 rings (SSSR count). The zero-order valence-electron chi connectivity index (χ0n) is 17.9. The van der Waals surface area contributed by atoms with Gasteiger partial charge in [0.1, 0.15) is 18.6 Å². The number of nitrogens with zero attached hydrogens (tertiary/aromatic N) is 5. The maximum Gasteiger partial charge on any atom is 0.306 e. The number of hydrogen-bond acceptors (Lipinski definition) is 8. The van der Waals surface area contributed by atoms with Crippen LogP contribution in [0, 0.1) is 0 Å². The summed E-state index contributed by atoms with van der Waals surface area (Å²) >= 11 is 0. The van der Waals surface area contributed by atoms with Crippen LogP contribution in [0.2, 0.25) is 0 Å². The van der Waals surface area contributed by atoms with Gasteiger partial charge in [0.25, 0.3) is 5.56 Å². The summed E-state index contributed by atoms with van der Waals surface area (Å²) in [5.74, 6) is 6.84. The van der Waals surface area contributed by atoms with Crippen LogP contribution in [0.5, 0.6) is 0 Å². The fourth-order valence-corrected chi connectivity index (χ4v) is 3.01. The van der Waals surface area contributed by atoms with Gasteiger partial charge < -0.3 is 21.0 Å². The lowest BCUT2D eigenvalue weighted by Crippen LogP contribution is -2.35. The summed E-state index contributed by atoms with van der Waals surface area (Å²) in [6.07, 6.45) is 4.99. The number of nitrogens with two attached hydrogens (primary N) is 2. The van der Waals surface area contributed by atoms with Crippen LogP contribution in [0.4, 0.5) is 20.3 Å². The fourth-order valence-electron chi connectivity index (χ4n) is 3.01. The van der Waals surface area contributed by atoms with Gasteiger partial charge in [-0.3, -0.25) is 19.6 Å². The average Bonchev–Trinajstić information content (AvgIpc) is 2.84. The first-order valence-electron chi connectivity index (χ1n) is 10.0. The number of hydrazone groups is 1. The summed E-state index contributed by atoms with van der Waals surface area (Å²) in [6.45, 7) is -1.12. The van der Waals surface area contributed by atoms with E-state index in [-0.39, 0.29) is 18.9 Å². The Balaban J connectivity index is 1.63. The lowest BCUT2D eigenvalue weighted by Gasteiger charge is -2.17. The van der Waals surface area contributed by atoms with Crippen LogP contribution in [-0.4, -0.2) is 33.3 Å². The molecule has 0 fully saturated rings. The number of pyridine rings is 1. The van der Waals surface area contributed by atoms with E-state index < -0.39 is 29.6 Å². The molecular weight excluding hydrogens is 448 g/mol. The molecule has 0 spiro atoms. The molecule has 0 unspecified atom stereocenters. The van der Waals surface area contributed by atoms with E-state index in [1.807, 2.05) is 0 Å². The Bertz CT molecular complexity index is 1200. The lowest BCUT2D eigenvalue weighted by atomic mass is 10.1. The van der Waals surface area contributed by atoms with Crippen molar-refractivity contribution in [2.24, 2.45) is 16.8 Å². The van der Waals surface area contributed by atoms with E-state index in [0.717, 1.165) is 4.57 Å². The number of anilines is 2. The van der Waals surface area contributed by atoms with Crippen LogP contribution in [0.15, 0.2) is 71.0 Å². The molecule has 0 saturated carbocycles. The van der Waals surface area contributed by atoms with Crippen molar-refractivity contribution in [1.29, 1.82) is 0 Å². The third-order valence-corrected chi connectivity index (χ3v) is 4.68. The highest BCUT2D eigenvalue weighted by Crippen LogP contribution is 2.25. The Morgan fingerprint density at radius 3 is 2.68 bits per heavy atom. The number of carbonyl (C=O) groups is 1. The molecule has 0 atom stereocenters. The van der Waals surface area contributed by atoms with Crippen LogP contribution in [0.25, 0.3) is 0 Å². The first kappa shape index (κ1) is 24.3. The van der Waals surface area contributed by atoms with Crippen molar-refractivity contribution in [2.45, 2.75) is 19.0 Å². The molecule has 1 amide bonds. The van der Waals surface area contributed by atoms with Crippen LogP contribution < -0.4 is 32.9 Å². The highest BCUT2D eigenvalue weighted by atomic mass is 19.3. The number of rotatable bonds is 10. The van der Waals surface area contributed by atoms with Gasteiger partial charge >= 0.3 is 5.92 Å². The Morgan fingerprint density at radius 1 is 1.18 bits per heavy atom. The van der Waals surface area contributed by atoms with Crippen molar-refractivity contribution in [2.75, 3.05) is 16.9 Å². The van der Waals surface area contributed by atoms with Crippen molar-refractivity contribution in [3.05, 3.63) is 82.7 Å². The molecule has 34 heavy (non-hydrogen) atoms. The molecule has 2 heterocycles. The number of hydrazine groups is 1. The quantitative estimate of drug-likeness (QED) is 0.146. The van der Waals surface area contributed by atoms with Gasteiger partial charge in [0.15, 0.2) is 5.82 Å². The van der Waals surface area contributed by atoms with E-state index >= 15 is 0 Å². The fraction of sp³-hybridized carbons (Fsp3) is 0.190. The van der Waals surface area contributed by atoms with Crippen molar-refractivity contribution in [3.63, 3.8) is 0 Å². The highest BCUT2D eigenvalue weighted by Gasteiger charge is 2.33. The molecule has 0 aliphatic heterocycles. The summed E-state index contributed by atoms with van der Waals surface area (Å²) < 4.78 is 29.7. The molecule has 0 saturated heterocycles. The highest BCUT2D eigenvalue weighted by molar-refractivity contribution is 5.80. The van der Waals surface area contributed by atoms with E-state index in [1.54, 1.807) is 24.3 Å². The number of para-hydroxylation sites is 1. The molecule has 0 aliphatic rings. The van der Waals surface area contributed by atoms with Crippen LogP contribution in [0.1, 0.15) is 11.3 Å². The van der Waals surface area contributed by atoms with Crippen LogP contribution >= 0.6 is 0 Å². The van der Waals surface area contributed by atoms with Crippen molar-refractivity contribution >= 4 is 23.8 Å². The van der Waals surface area contributed by atoms with Gasteiger partial charge in [0.2, 0.25) is 5.91 Å². The third-order valence-electron chi connectivity index (χ3n) is 4.68. The standard InChI is InChI=1S/C21H23F2N9O2/c22-21(23,17-7-3-4-8-26-17)13-29-19-20(34)31(10-9-27-19)12-18(33)28-11-15-5-1-2-6-16(15)32(25)14-30-24/h1-10,14H,11-13,24-25H2,(H,27,29)(H,28,33)/b30-14-. The van der Waals surface area contributed by atoms with Crippen molar-refractivity contribution < 1.29 is 13.6 Å². The molecule has 0 bridgehead atoms. The van der Waals surface area contributed by atoms with Gasteiger partial charge in [-0.05, 0) is 23.8 Å². The van der Waals surface area contributed by atoms with E-state index in [4.69, 9.17) is 11.7 Å². The van der Waals surface area contributed by atoms with Crippen LogP contribution in [-0.2, 0) is 23.8 Å². The maximum atomic E-state index is 14.3. The summed E-state index contributed by atoms with van der Waals surface area (Å²) in [4.78, 5) is 32.5. The first-order valence-corrected chi connectivity index (χ1v) is 10.0. The number of benzene rings is 1. The molecule has 178 valence electrons. The molecule has 13 heteroatoms. The zero-order valence-corrected chi connectivity index (χ0v) is 17.9. The minimum Gasteiger partial charge on any atom is -0.359 e. The van der Waals surface area contributed by atoms with E-state index in [0.29, 0.717) is 11.3 Å². The second-order valence-corrected chi connectivity index (χ2v) is 7.06. The molecule has 11 nitrogen and oxygen atoms in total. The monoisotopic (exact) mass is 471 g/mol. The Morgan fingerprint density at radius 2 is 1.94 bits per heavy atom. The number of amides is 1. The predicted molar refractivity (Wildman–Crippen MR) is 123 cm³/mol. The van der Waals surface area contributed by atoms with Gasteiger partial charge in [-0.25, -0.2) is 10.8 Å². The van der Waals surface area contributed by atoms with Gasteiger partial charge in [-0.15, -0.1) is 0 Å². The van der Waals surface area contributed by atoms with Gasteiger partial charge in [0, 0.05) is 25.1 Å². The Kier molecular flexibility index (Phi) is 7.82. The summed E-state index contributed by atoms with van der Waals surface area (Å²) in [7, 11) is 0. The number of aromatic nitrogens is 3. The predicted octanol–water partition coefficient (Wildman–Crippen LogP) is 0.741. The molecule has 0 radical (unpaired) electrons. The largest absolute Gasteiger partial charge is 0.359 e. The molecular formula is C21H23F2N9O2. The normalized spacial score (nSPS) is 11.4. The van der Waals surface area contributed by atoms with E-state index in [1.165, 1.54) is 48.1 Å². The third kappa shape index (κ3) is 6.10. The summed E-state index contributed by atoms with van der Waals surface area (Å²) in [5, 5.41) is 9.59. The number of carbonyl (C=O) groups excluding carboxylic acids is 1. The maximum absolute atomic E-state index is 14.3. The van der Waals surface area contributed by atoms with Gasteiger partial charge in [0.05, 0.1) is 12.2 Å². The average molecular weight is 471 g/mol. The molecule has 2 aromatic heterocycles. The molecule has 1 aromatic carbocycles. The minimum atomic E-state index is -3.33. The number of alkyl halides is 2. The summed E-state index contributed by atoms with van der Waals surface area (Å²) in [5.41, 5.74) is 0.0900. The first-order chi connectivity index (χ1) is 16.3. The number of halogens is 2. The summed E-state index contributed by atoms with van der Waals surface area (Å²) in [6, 6.07) is 11.1. The second kappa shape index (κ2) is 11.0. The van der Waals surface area contributed by atoms with E-state index in [9.17, 15) is 18.4 Å². The van der Waals surface area contributed by atoms with Crippen LogP contribution in [0.3, 0.4) is 0 Å². The Labute approximate surface area is 193 Å². The van der Waals surface area contributed by atoms with Crippen molar-refractivity contribution in [3.8, 4) is 0 Å². The molecule has 0 aliphatic carbocycles. The van der Waals surface area contributed by atoms with Gasteiger partial charge in [-0.2, -0.15) is 13.9 Å². The van der Waals surface area contributed by atoms with Gasteiger partial charge in [-0.1, -0.05) is 24.3 Å². The SMILES string of the molecule is N/N=C\N(N)c1ccccc1CNC(=O)Cn1ccnc(NCC(F)(F)c2ccccn2)c1=O. The molecule has 3 aromatic rings. The lowest BCUT2D eigenvalue weighted by molar-refractivity contribution is -0.121. The number of nitrogens with one attached hydrogen (secondary N) is 2. The topological polar surface area (TPSA) is 157 Å². The van der Waals surface area contributed by atoms with Crippen molar-refractivity contribution in [1.82, 2.24) is 19.9 Å². The molecule has 6 N–H and O–H groups in total. The Hall–Kier alpha value is -4.39. The number of hydrogen-bond donors (Lipinski definition) is 4. The smallest absolute Gasteiger partial charge is 0.306 e.